The first-order valence-corrected chi connectivity index (χ1v) is 9.59. The highest BCUT2D eigenvalue weighted by Crippen LogP contribution is 2.30. The summed E-state index contributed by atoms with van der Waals surface area (Å²) in [4.78, 5) is 4.10. The first-order chi connectivity index (χ1) is 9.40. The molecule has 2 atom stereocenters. The summed E-state index contributed by atoms with van der Waals surface area (Å²) in [6.07, 6.45) is 7.81. The highest BCUT2D eigenvalue weighted by Gasteiger charge is 2.18. The summed E-state index contributed by atoms with van der Waals surface area (Å²) in [5.74, 6) is 2.51. The average Bonchev–Trinajstić information content (AvgIpc) is 2.35. The average molecular weight is 431 g/mol. The summed E-state index contributed by atoms with van der Waals surface area (Å²) in [5.41, 5.74) is 0. The van der Waals surface area contributed by atoms with Crippen LogP contribution in [0.3, 0.4) is 0 Å². The molecule has 5 nitrogen and oxygen atoms in total. The number of hydrogen-bond acceptors (Lipinski definition) is 3. The third-order valence-electron chi connectivity index (χ3n) is 3.88. The number of rotatable bonds is 6. The molecule has 2 N–H and O–H groups in total. The smallest absolute Gasteiger partial charge is 0.191 e. The predicted molar refractivity (Wildman–Crippen MR) is 100 cm³/mol. The Bertz CT molecular complexity index is 412. The molecule has 1 rings (SSSR count). The van der Waals surface area contributed by atoms with Crippen LogP contribution in [0.1, 0.15) is 39.0 Å². The predicted octanol–water partition coefficient (Wildman–Crippen LogP) is 2.03. The Balaban J connectivity index is 0.00000400. The fourth-order valence-corrected chi connectivity index (χ4v) is 3.26. The highest BCUT2D eigenvalue weighted by atomic mass is 127. The Labute approximate surface area is 146 Å². The summed E-state index contributed by atoms with van der Waals surface area (Å²) in [7, 11) is -1.21. The van der Waals surface area contributed by atoms with Crippen molar-refractivity contribution in [2.75, 3.05) is 32.1 Å². The Morgan fingerprint density at radius 1 is 1.24 bits per heavy atom. The topological polar surface area (TPSA) is 70.6 Å². The lowest BCUT2D eigenvalue weighted by molar-refractivity contribution is 0.270. The molecule has 2 unspecified atom stereocenters. The second kappa shape index (κ2) is 10.6. The summed E-state index contributed by atoms with van der Waals surface area (Å²) < 4.78 is 22.1. The van der Waals surface area contributed by atoms with Crippen molar-refractivity contribution in [2.24, 2.45) is 16.8 Å². The van der Waals surface area contributed by atoms with Gasteiger partial charge in [-0.05, 0) is 24.7 Å². The first-order valence-electron chi connectivity index (χ1n) is 7.53. The second-order valence-corrected chi connectivity index (χ2v) is 8.24. The van der Waals surface area contributed by atoms with E-state index in [0.717, 1.165) is 24.8 Å². The molecule has 7 heteroatoms. The molecule has 0 radical (unpaired) electrons. The quantitative estimate of drug-likeness (QED) is 0.384. The minimum absolute atomic E-state index is 0. The number of aliphatic imine (C=N–C) groups is 1. The lowest BCUT2D eigenvalue weighted by Crippen LogP contribution is -2.40. The molecule has 0 aromatic rings. The molecule has 0 bridgehead atoms. The summed E-state index contributed by atoms with van der Waals surface area (Å²) in [6.45, 7) is 3.64. The molecule has 21 heavy (non-hydrogen) atoms. The molecule has 1 saturated carbocycles. The molecular formula is C14H30IN3O2S. The van der Waals surface area contributed by atoms with Gasteiger partial charge in [0.2, 0.25) is 0 Å². The van der Waals surface area contributed by atoms with E-state index in [1.54, 1.807) is 7.05 Å². The van der Waals surface area contributed by atoms with Crippen LogP contribution in [0.15, 0.2) is 4.99 Å². The zero-order valence-electron chi connectivity index (χ0n) is 13.4. The standard InChI is InChI=1S/C14H29N3O2S.HI/c1-12-5-4-6-13(11-12)7-8-16-14(15-2)17-9-10-20(3,18)19;/h12-13H,4-11H2,1-3H3,(H2,15,16,17);1H. The number of nitrogens with zero attached hydrogens (tertiary/aromatic N) is 1. The molecule has 0 spiro atoms. The summed E-state index contributed by atoms with van der Waals surface area (Å²) in [6, 6.07) is 0. The zero-order valence-corrected chi connectivity index (χ0v) is 16.5. The Hall–Kier alpha value is -0.0500. The van der Waals surface area contributed by atoms with E-state index >= 15 is 0 Å². The fourth-order valence-electron chi connectivity index (χ4n) is 2.79. The van der Waals surface area contributed by atoms with Gasteiger partial charge in [-0.2, -0.15) is 0 Å². The van der Waals surface area contributed by atoms with E-state index < -0.39 is 9.84 Å². The first kappa shape index (κ1) is 20.9. The number of nitrogens with one attached hydrogen (secondary N) is 2. The summed E-state index contributed by atoms with van der Waals surface area (Å²) >= 11 is 0. The van der Waals surface area contributed by atoms with E-state index in [4.69, 9.17) is 0 Å². The normalized spacial score (nSPS) is 23.3. The van der Waals surface area contributed by atoms with Crippen LogP contribution in [0.2, 0.25) is 0 Å². The van der Waals surface area contributed by atoms with Gasteiger partial charge < -0.3 is 10.6 Å². The van der Waals surface area contributed by atoms with Gasteiger partial charge in [-0.15, -0.1) is 24.0 Å². The molecule has 0 saturated heterocycles. The monoisotopic (exact) mass is 431 g/mol. The van der Waals surface area contributed by atoms with Crippen LogP contribution in [0, 0.1) is 11.8 Å². The minimum atomic E-state index is -2.92. The van der Waals surface area contributed by atoms with E-state index in [-0.39, 0.29) is 29.7 Å². The van der Waals surface area contributed by atoms with Crippen LogP contribution in [-0.4, -0.2) is 46.5 Å². The van der Waals surface area contributed by atoms with Crippen LogP contribution in [-0.2, 0) is 9.84 Å². The van der Waals surface area contributed by atoms with E-state index in [9.17, 15) is 8.42 Å². The van der Waals surface area contributed by atoms with Gasteiger partial charge >= 0.3 is 0 Å². The number of sulfone groups is 1. The van der Waals surface area contributed by atoms with Gasteiger partial charge in [0.1, 0.15) is 9.84 Å². The van der Waals surface area contributed by atoms with Gasteiger partial charge in [0, 0.05) is 26.4 Å². The van der Waals surface area contributed by atoms with Crippen molar-refractivity contribution < 1.29 is 8.42 Å². The van der Waals surface area contributed by atoms with Crippen LogP contribution < -0.4 is 10.6 Å². The third kappa shape index (κ3) is 10.3. The molecule has 1 fully saturated rings. The minimum Gasteiger partial charge on any atom is -0.356 e. The lowest BCUT2D eigenvalue weighted by Gasteiger charge is -2.26. The van der Waals surface area contributed by atoms with Crippen LogP contribution >= 0.6 is 24.0 Å². The molecule has 0 heterocycles. The maximum absolute atomic E-state index is 11.1. The van der Waals surface area contributed by atoms with Gasteiger partial charge in [-0.3, -0.25) is 4.99 Å². The maximum Gasteiger partial charge on any atom is 0.191 e. The van der Waals surface area contributed by atoms with Gasteiger partial charge in [0.15, 0.2) is 5.96 Å². The second-order valence-electron chi connectivity index (χ2n) is 5.98. The van der Waals surface area contributed by atoms with E-state index in [1.165, 1.54) is 31.9 Å². The maximum atomic E-state index is 11.1. The zero-order chi connectivity index (χ0) is 15.0. The Morgan fingerprint density at radius 2 is 1.90 bits per heavy atom. The molecule has 0 amide bonds. The number of guanidine groups is 1. The van der Waals surface area contributed by atoms with Crippen molar-refractivity contribution in [3.05, 3.63) is 0 Å². The molecule has 0 aliphatic heterocycles. The Morgan fingerprint density at radius 3 is 2.48 bits per heavy atom. The fraction of sp³-hybridized carbons (Fsp3) is 0.929. The van der Waals surface area contributed by atoms with Crippen molar-refractivity contribution in [2.45, 2.75) is 39.0 Å². The highest BCUT2D eigenvalue weighted by molar-refractivity contribution is 14.0. The van der Waals surface area contributed by atoms with Crippen molar-refractivity contribution in [3.63, 3.8) is 0 Å². The molecule has 1 aliphatic rings. The number of hydrogen-bond donors (Lipinski definition) is 2. The van der Waals surface area contributed by atoms with Crippen molar-refractivity contribution in [1.82, 2.24) is 10.6 Å². The van der Waals surface area contributed by atoms with Gasteiger partial charge in [0.25, 0.3) is 0 Å². The van der Waals surface area contributed by atoms with Gasteiger partial charge in [-0.25, -0.2) is 8.42 Å². The van der Waals surface area contributed by atoms with Crippen molar-refractivity contribution in [1.29, 1.82) is 0 Å². The molecule has 1 aliphatic carbocycles. The largest absolute Gasteiger partial charge is 0.356 e. The van der Waals surface area contributed by atoms with Crippen molar-refractivity contribution >= 4 is 39.8 Å². The SMILES string of the molecule is CN=C(NCCC1CCCC(C)C1)NCCS(C)(=O)=O.I. The van der Waals surface area contributed by atoms with E-state index in [2.05, 4.69) is 22.5 Å². The summed E-state index contributed by atoms with van der Waals surface area (Å²) in [5, 5.41) is 6.29. The number of halogens is 1. The van der Waals surface area contributed by atoms with E-state index in [1.807, 2.05) is 0 Å². The molecule has 126 valence electrons. The lowest BCUT2D eigenvalue weighted by atomic mass is 9.81. The van der Waals surface area contributed by atoms with Crippen LogP contribution in [0.4, 0.5) is 0 Å². The van der Waals surface area contributed by atoms with Crippen LogP contribution in [0.25, 0.3) is 0 Å². The van der Waals surface area contributed by atoms with Gasteiger partial charge in [-0.1, -0.05) is 26.2 Å². The Kier molecular flexibility index (Phi) is 10.6. The van der Waals surface area contributed by atoms with Crippen molar-refractivity contribution in [3.8, 4) is 0 Å². The van der Waals surface area contributed by atoms with Gasteiger partial charge in [0.05, 0.1) is 5.75 Å². The molecule has 0 aromatic heterocycles. The molecule has 0 aromatic carbocycles. The van der Waals surface area contributed by atoms with E-state index in [0.29, 0.717) is 12.5 Å². The molecular weight excluding hydrogens is 401 g/mol. The van der Waals surface area contributed by atoms with Crippen LogP contribution in [0.5, 0.6) is 0 Å². The third-order valence-corrected chi connectivity index (χ3v) is 4.82.